The summed E-state index contributed by atoms with van der Waals surface area (Å²) >= 11 is 0. The number of aliphatic imine (C=N–C) groups is 1. The van der Waals surface area contributed by atoms with Gasteiger partial charge in [0, 0.05) is 5.56 Å². The van der Waals surface area contributed by atoms with Gasteiger partial charge in [-0.1, -0.05) is 12.1 Å². The molecule has 0 aliphatic carbocycles. The molecule has 0 radical (unpaired) electrons. The van der Waals surface area contributed by atoms with Gasteiger partial charge in [-0.3, -0.25) is 9.71 Å². The Morgan fingerprint density at radius 3 is 2.71 bits per heavy atom. The predicted octanol–water partition coefficient (Wildman–Crippen LogP) is 1.46. The lowest BCUT2D eigenvalue weighted by molar-refractivity contribution is -0.146. The first-order valence-corrected chi connectivity index (χ1v) is 11.7. The van der Waals surface area contributed by atoms with Crippen molar-refractivity contribution < 1.29 is 31.9 Å². The maximum absolute atomic E-state index is 12.5. The molecule has 178 valence electrons. The number of nitrogens with two attached hydrogens (primary N) is 1. The summed E-state index contributed by atoms with van der Waals surface area (Å²) in [4.78, 5) is 37.2. The van der Waals surface area contributed by atoms with Gasteiger partial charge in [0.15, 0.2) is 12.4 Å². The van der Waals surface area contributed by atoms with Crippen LogP contribution < -0.4 is 10.5 Å². The van der Waals surface area contributed by atoms with Crippen LogP contribution >= 0.6 is 0 Å². The maximum atomic E-state index is 12.5. The van der Waals surface area contributed by atoms with Crippen molar-refractivity contribution in [1.29, 1.82) is 0 Å². The summed E-state index contributed by atoms with van der Waals surface area (Å²) in [6.07, 6.45) is 0. The van der Waals surface area contributed by atoms with Gasteiger partial charge in [-0.05, 0) is 32.9 Å². The standard InChI is InChI=1S/C21H21N5O7S/c1-4-31-21(28)15-11(3)33-19-16(15)17(22)24-14(25-19)9-32-20(27)10(2)23-18-12-7-5-6-8-13(12)34(29,30)26-18/h5-8,10H,4,9H2,1-3H3,(H,23,26)(H2,22,24,25)/t10-/m0/s1. The van der Waals surface area contributed by atoms with Crippen LogP contribution in [0.5, 0.6) is 0 Å². The van der Waals surface area contributed by atoms with Gasteiger partial charge in [-0.25, -0.2) is 23.0 Å². The second kappa shape index (κ2) is 8.74. The lowest BCUT2D eigenvalue weighted by atomic mass is 10.2. The summed E-state index contributed by atoms with van der Waals surface area (Å²) in [7, 11) is -3.73. The number of fused-ring (bicyclic) bond motifs is 2. The molecular formula is C21H21N5O7S. The minimum Gasteiger partial charge on any atom is -0.462 e. The molecule has 0 saturated heterocycles. The molecule has 12 nitrogen and oxygen atoms in total. The minimum atomic E-state index is -3.73. The molecule has 1 aromatic carbocycles. The quantitative estimate of drug-likeness (QED) is 0.484. The zero-order chi connectivity index (χ0) is 24.6. The fraction of sp³-hybridized carbons (Fsp3) is 0.286. The third-order valence-corrected chi connectivity index (χ3v) is 6.35. The number of hydrogen-bond donors (Lipinski definition) is 2. The lowest BCUT2D eigenvalue weighted by Gasteiger charge is -2.09. The van der Waals surface area contributed by atoms with Crippen LogP contribution in [-0.2, 0) is 30.9 Å². The van der Waals surface area contributed by atoms with Crippen molar-refractivity contribution in [1.82, 2.24) is 14.7 Å². The fourth-order valence-corrected chi connectivity index (χ4v) is 4.67. The van der Waals surface area contributed by atoms with Gasteiger partial charge in [0.2, 0.25) is 5.71 Å². The summed E-state index contributed by atoms with van der Waals surface area (Å²) in [6, 6.07) is 5.28. The number of carbonyl (C=O) groups is 2. The number of aryl methyl sites for hydroxylation is 1. The van der Waals surface area contributed by atoms with Crippen LogP contribution in [0, 0.1) is 6.92 Å². The minimum absolute atomic E-state index is 0.0267. The predicted molar refractivity (Wildman–Crippen MR) is 119 cm³/mol. The van der Waals surface area contributed by atoms with Gasteiger partial charge in [0.1, 0.15) is 29.0 Å². The number of benzene rings is 1. The van der Waals surface area contributed by atoms with Crippen molar-refractivity contribution in [2.75, 3.05) is 12.3 Å². The third-order valence-electron chi connectivity index (χ3n) is 4.95. The molecule has 13 heteroatoms. The topological polar surface area (TPSA) is 176 Å². The van der Waals surface area contributed by atoms with Crippen LogP contribution in [-0.4, -0.2) is 48.8 Å². The van der Waals surface area contributed by atoms with Crippen LogP contribution in [0.1, 0.15) is 41.4 Å². The van der Waals surface area contributed by atoms with E-state index in [0.717, 1.165) is 0 Å². The Hall–Kier alpha value is -4.00. The molecule has 34 heavy (non-hydrogen) atoms. The van der Waals surface area contributed by atoms with Gasteiger partial charge < -0.3 is 19.6 Å². The van der Waals surface area contributed by atoms with Crippen molar-refractivity contribution in [3.63, 3.8) is 0 Å². The van der Waals surface area contributed by atoms with Gasteiger partial charge in [-0.2, -0.15) is 4.98 Å². The zero-order valence-electron chi connectivity index (χ0n) is 18.5. The Balaban J connectivity index is 1.51. The first-order valence-electron chi connectivity index (χ1n) is 10.2. The van der Waals surface area contributed by atoms with Gasteiger partial charge in [0.05, 0.1) is 16.9 Å². The Kier molecular flexibility index (Phi) is 5.96. The summed E-state index contributed by atoms with van der Waals surface area (Å²) in [5, 5.41) is 0.220. The van der Waals surface area contributed by atoms with E-state index < -0.39 is 28.0 Å². The molecule has 0 saturated carbocycles. The Morgan fingerprint density at radius 1 is 1.24 bits per heavy atom. The molecule has 0 fully saturated rings. The Morgan fingerprint density at radius 2 is 1.97 bits per heavy atom. The zero-order valence-corrected chi connectivity index (χ0v) is 19.3. The van der Waals surface area contributed by atoms with Gasteiger partial charge in [0.25, 0.3) is 10.0 Å². The number of esters is 2. The average molecular weight is 487 g/mol. The molecule has 0 amide bonds. The highest BCUT2D eigenvalue weighted by Gasteiger charge is 2.31. The molecule has 4 rings (SSSR count). The van der Waals surface area contributed by atoms with Crippen molar-refractivity contribution >= 4 is 44.7 Å². The third kappa shape index (κ3) is 4.17. The van der Waals surface area contributed by atoms with E-state index >= 15 is 0 Å². The first-order chi connectivity index (χ1) is 16.1. The average Bonchev–Trinajstić information content (AvgIpc) is 3.25. The second-order valence-corrected chi connectivity index (χ2v) is 8.97. The molecule has 2 aromatic heterocycles. The fourth-order valence-electron chi connectivity index (χ4n) is 3.43. The number of amidine groups is 1. The number of rotatable bonds is 6. The Labute approximate surface area is 194 Å². The van der Waals surface area contributed by atoms with Crippen LogP contribution in [0.15, 0.2) is 38.6 Å². The van der Waals surface area contributed by atoms with Crippen molar-refractivity contribution in [2.24, 2.45) is 4.99 Å². The molecule has 3 heterocycles. The van der Waals surface area contributed by atoms with E-state index in [1.54, 1.807) is 32.0 Å². The molecule has 3 aromatic rings. The van der Waals surface area contributed by atoms with E-state index in [2.05, 4.69) is 19.7 Å². The highest BCUT2D eigenvalue weighted by atomic mass is 32.2. The number of aromatic nitrogens is 2. The van der Waals surface area contributed by atoms with E-state index in [1.807, 2.05) is 0 Å². The van der Waals surface area contributed by atoms with E-state index in [1.165, 1.54) is 13.0 Å². The molecule has 1 aliphatic rings. The number of nitrogens with one attached hydrogen (secondary N) is 1. The molecule has 3 N–H and O–H groups in total. The summed E-state index contributed by atoms with van der Waals surface area (Å²) in [5.74, 6) is -0.992. The number of furan rings is 1. The molecule has 1 atom stereocenters. The number of hydrogen-bond acceptors (Lipinski definition) is 11. The lowest BCUT2D eigenvalue weighted by Crippen LogP contribution is -2.26. The number of nitrogen functional groups attached to an aromatic ring is 1. The van der Waals surface area contributed by atoms with E-state index in [0.29, 0.717) is 5.56 Å². The normalized spacial score (nSPS) is 16.1. The number of anilines is 1. The number of sulfonamides is 1. The largest absolute Gasteiger partial charge is 0.462 e. The molecule has 1 aliphatic heterocycles. The number of nitrogens with zero attached hydrogens (tertiary/aromatic N) is 3. The molecule has 0 unspecified atom stereocenters. The summed E-state index contributed by atoms with van der Waals surface area (Å²) in [6.45, 7) is 4.54. The maximum Gasteiger partial charge on any atom is 0.342 e. The van der Waals surface area contributed by atoms with Crippen molar-refractivity contribution in [2.45, 2.75) is 38.3 Å². The summed E-state index contributed by atoms with van der Waals surface area (Å²) < 4.78 is 42.5. The highest BCUT2D eigenvalue weighted by molar-refractivity contribution is 7.90. The van der Waals surface area contributed by atoms with Crippen LogP contribution in [0.2, 0.25) is 0 Å². The monoisotopic (exact) mass is 487 g/mol. The van der Waals surface area contributed by atoms with Crippen LogP contribution in [0.3, 0.4) is 0 Å². The SMILES string of the molecule is CCOC(=O)c1c(C)oc2nc(COC(=O)[C@H](C)N=C3NS(=O)(=O)c4ccccc43)nc(N)c12. The number of ether oxygens (including phenoxy) is 2. The smallest absolute Gasteiger partial charge is 0.342 e. The van der Waals surface area contributed by atoms with Gasteiger partial charge >= 0.3 is 11.9 Å². The summed E-state index contributed by atoms with van der Waals surface area (Å²) in [5.41, 5.74) is 6.57. The Bertz CT molecular complexity index is 1450. The molecule has 0 bridgehead atoms. The number of carbonyl (C=O) groups excluding carboxylic acids is 2. The van der Waals surface area contributed by atoms with E-state index in [-0.39, 0.29) is 58.0 Å². The van der Waals surface area contributed by atoms with Crippen molar-refractivity contribution in [3.05, 3.63) is 47.0 Å². The molecule has 0 spiro atoms. The van der Waals surface area contributed by atoms with Crippen molar-refractivity contribution in [3.8, 4) is 0 Å². The highest BCUT2D eigenvalue weighted by Crippen LogP contribution is 2.29. The molecular weight excluding hydrogens is 466 g/mol. The van der Waals surface area contributed by atoms with Crippen LogP contribution in [0.25, 0.3) is 11.1 Å². The van der Waals surface area contributed by atoms with E-state index in [4.69, 9.17) is 19.6 Å². The second-order valence-electron chi connectivity index (χ2n) is 7.32. The van der Waals surface area contributed by atoms with Crippen LogP contribution in [0.4, 0.5) is 5.82 Å². The van der Waals surface area contributed by atoms with E-state index in [9.17, 15) is 18.0 Å². The van der Waals surface area contributed by atoms with Gasteiger partial charge in [-0.15, -0.1) is 0 Å². The first kappa shape index (κ1) is 23.2.